The van der Waals surface area contributed by atoms with Gasteiger partial charge in [0.25, 0.3) is 0 Å². The Bertz CT molecular complexity index is 596. The second kappa shape index (κ2) is 4.57. The number of Topliss-reactive ketones (excluding diaryl/α,β-unsaturated/α-hetero) is 1. The first-order valence-electron chi connectivity index (χ1n) is 8.34. The summed E-state index contributed by atoms with van der Waals surface area (Å²) in [6.07, 6.45) is 1.89. The van der Waals surface area contributed by atoms with E-state index >= 15 is 0 Å². The van der Waals surface area contributed by atoms with Crippen molar-refractivity contribution in [1.82, 2.24) is 0 Å². The molecule has 4 aliphatic rings. The Hall–Kier alpha value is -0.950. The van der Waals surface area contributed by atoms with E-state index in [-0.39, 0.29) is 43.4 Å². The number of hydrogen-bond acceptors (Lipinski definition) is 6. The monoisotopic (exact) mass is 324 g/mol. The summed E-state index contributed by atoms with van der Waals surface area (Å²) in [6, 6.07) is 0. The maximum absolute atomic E-state index is 12.7. The van der Waals surface area contributed by atoms with Gasteiger partial charge in [-0.3, -0.25) is 4.79 Å². The van der Waals surface area contributed by atoms with Crippen LogP contribution in [0.1, 0.15) is 39.5 Å². The first-order valence-corrected chi connectivity index (χ1v) is 8.34. The van der Waals surface area contributed by atoms with Crippen LogP contribution in [0.2, 0.25) is 0 Å². The Morgan fingerprint density at radius 2 is 2.17 bits per heavy atom. The lowest BCUT2D eigenvalue weighted by Crippen LogP contribution is -2.51. The molecule has 23 heavy (non-hydrogen) atoms. The standard InChI is InChI=1S/C17H24O6/c1-15(20,7-18)10-3-4-16(2)11(10)5-9-13(23-16)12-6-17(21,8-22-12)14(9)19/h10-12,18,20-21H,3-8H2,1-2H3/t10-,11+,12+,15-,16-,17-/m1/s1. The molecule has 128 valence electrons. The van der Waals surface area contributed by atoms with Crippen LogP contribution < -0.4 is 0 Å². The predicted molar refractivity (Wildman–Crippen MR) is 79.4 cm³/mol. The van der Waals surface area contributed by atoms with E-state index < -0.39 is 16.8 Å². The van der Waals surface area contributed by atoms with Gasteiger partial charge in [0.15, 0.2) is 11.4 Å². The van der Waals surface area contributed by atoms with E-state index in [4.69, 9.17) is 9.47 Å². The summed E-state index contributed by atoms with van der Waals surface area (Å²) in [5.41, 5.74) is -2.57. The molecule has 4 rings (SSSR count). The van der Waals surface area contributed by atoms with Crippen molar-refractivity contribution in [2.24, 2.45) is 11.8 Å². The quantitative estimate of drug-likeness (QED) is 0.676. The van der Waals surface area contributed by atoms with Gasteiger partial charge in [0.05, 0.1) is 18.8 Å². The van der Waals surface area contributed by atoms with Gasteiger partial charge in [-0.2, -0.15) is 0 Å². The van der Waals surface area contributed by atoms with Gasteiger partial charge in [-0.05, 0) is 39.0 Å². The second-order valence-corrected chi connectivity index (χ2v) is 8.09. The van der Waals surface area contributed by atoms with Crippen molar-refractivity contribution in [1.29, 1.82) is 0 Å². The van der Waals surface area contributed by atoms with Crippen molar-refractivity contribution in [2.75, 3.05) is 13.2 Å². The molecule has 2 aliphatic heterocycles. The molecule has 0 spiro atoms. The second-order valence-electron chi connectivity index (χ2n) is 8.09. The Morgan fingerprint density at radius 1 is 1.43 bits per heavy atom. The lowest BCUT2D eigenvalue weighted by Gasteiger charge is -2.45. The number of fused-ring (bicyclic) bond motifs is 4. The highest BCUT2D eigenvalue weighted by Crippen LogP contribution is 2.56. The van der Waals surface area contributed by atoms with Gasteiger partial charge in [-0.1, -0.05) is 0 Å². The molecule has 6 heteroatoms. The molecule has 3 N–H and O–H groups in total. The third kappa shape index (κ3) is 1.98. The minimum atomic E-state index is -1.42. The van der Waals surface area contributed by atoms with Crippen molar-refractivity contribution < 1.29 is 29.6 Å². The number of rotatable bonds is 2. The largest absolute Gasteiger partial charge is 0.488 e. The SMILES string of the molecule is C[C@@]12CC[C@@H]([C@](C)(O)CO)[C@@H]1CC1=C(O2)[C@@H]2C[C@@](O)(CO2)C1=O. The Balaban J connectivity index is 1.72. The number of carbonyl (C=O) groups is 1. The van der Waals surface area contributed by atoms with Crippen LogP contribution in [0.5, 0.6) is 0 Å². The first kappa shape index (κ1) is 15.6. The molecule has 0 aromatic rings. The third-order valence-corrected chi connectivity index (χ3v) is 6.44. The zero-order chi connectivity index (χ0) is 16.6. The van der Waals surface area contributed by atoms with Gasteiger partial charge in [0, 0.05) is 17.9 Å². The van der Waals surface area contributed by atoms with Gasteiger partial charge in [-0.25, -0.2) is 0 Å². The van der Waals surface area contributed by atoms with Crippen LogP contribution >= 0.6 is 0 Å². The Morgan fingerprint density at radius 3 is 2.87 bits per heavy atom. The molecule has 0 aromatic carbocycles. The summed E-state index contributed by atoms with van der Waals surface area (Å²) in [7, 11) is 0. The van der Waals surface area contributed by atoms with E-state index in [1.807, 2.05) is 6.92 Å². The minimum Gasteiger partial charge on any atom is -0.488 e. The molecule has 0 aromatic heterocycles. The van der Waals surface area contributed by atoms with E-state index in [1.54, 1.807) is 6.92 Å². The maximum atomic E-state index is 12.7. The van der Waals surface area contributed by atoms with Crippen molar-refractivity contribution >= 4 is 5.78 Å². The summed E-state index contributed by atoms with van der Waals surface area (Å²) in [5, 5.41) is 30.5. The molecule has 2 fully saturated rings. The molecule has 6 nitrogen and oxygen atoms in total. The zero-order valence-corrected chi connectivity index (χ0v) is 13.5. The number of hydrogen-bond donors (Lipinski definition) is 3. The molecule has 0 radical (unpaired) electrons. The minimum absolute atomic E-state index is 0.0199. The van der Waals surface area contributed by atoms with Crippen molar-refractivity contribution in [3.05, 3.63) is 11.3 Å². The molecule has 2 heterocycles. The molecule has 2 bridgehead atoms. The molecule has 1 saturated carbocycles. The summed E-state index contributed by atoms with van der Waals surface area (Å²) in [5.74, 6) is 0.0840. The molecule has 0 unspecified atom stereocenters. The van der Waals surface area contributed by atoms with Crippen LogP contribution in [0.3, 0.4) is 0 Å². The van der Waals surface area contributed by atoms with Crippen LogP contribution in [0.25, 0.3) is 0 Å². The number of aliphatic hydroxyl groups excluding tert-OH is 1. The molecular weight excluding hydrogens is 300 g/mol. The highest BCUT2D eigenvalue weighted by molar-refractivity contribution is 6.04. The number of carbonyl (C=O) groups excluding carboxylic acids is 1. The van der Waals surface area contributed by atoms with Gasteiger partial charge >= 0.3 is 0 Å². The van der Waals surface area contributed by atoms with Crippen molar-refractivity contribution in [3.8, 4) is 0 Å². The third-order valence-electron chi connectivity index (χ3n) is 6.44. The fourth-order valence-electron chi connectivity index (χ4n) is 4.97. The van der Waals surface area contributed by atoms with E-state index in [2.05, 4.69) is 0 Å². The van der Waals surface area contributed by atoms with Gasteiger partial charge in [0.2, 0.25) is 0 Å². The van der Waals surface area contributed by atoms with Crippen molar-refractivity contribution in [3.63, 3.8) is 0 Å². The fraction of sp³-hybridized carbons (Fsp3) is 0.824. The van der Waals surface area contributed by atoms with Gasteiger partial charge < -0.3 is 24.8 Å². The van der Waals surface area contributed by atoms with Crippen molar-refractivity contribution in [2.45, 2.75) is 62.4 Å². The number of aliphatic hydroxyl groups is 3. The topological polar surface area (TPSA) is 96.2 Å². The first-order chi connectivity index (χ1) is 10.7. The maximum Gasteiger partial charge on any atom is 0.196 e. The van der Waals surface area contributed by atoms with E-state index in [0.717, 1.165) is 12.8 Å². The fourth-order valence-corrected chi connectivity index (χ4v) is 4.97. The highest BCUT2D eigenvalue weighted by Gasteiger charge is 2.61. The van der Waals surface area contributed by atoms with Crippen LogP contribution in [0, 0.1) is 11.8 Å². The Labute approximate surface area is 135 Å². The smallest absolute Gasteiger partial charge is 0.196 e. The van der Waals surface area contributed by atoms with Gasteiger partial charge in [0.1, 0.15) is 17.5 Å². The summed E-state index contributed by atoms with van der Waals surface area (Å²) >= 11 is 0. The number of ketones is 1. The number of ether oxygens (including phenoxy) is 2. The normalized spacial score (nSPS) is 47.9. The van der Waals surface area contributed by atoms with E-state index in [1.165, 1.54) is 0 Å². The average Bonchev–Trinajstić information content (AvgIpc) is 3.03. The van der Waals surface area contributed by atoms with Crippen LogP contribution in [0.4, 0.5) is 0 Å². The lowest BCUT2D eigenvalue weighted by molar-refractivity contribution is -0.138. The zero-order valence-electron chi connectivity index (χ0n) is 13.5. The summed E-state index contributed by atoms with van der Waals surface area (Å²) in [6.45, 7) is 3.34. The van der Waals surface area contributed by atoms with Gasteiger partial charge in [-0.15, -0.1) is 0 Å². The van der Waals surface area contributed by atoms with E-state index in [9.17, 15) is 20.1 Å². The predicted octanol–water partition coefficient (Wildman–Crippen LogP) is 0.292. The van der Waals surface area contributed by atoms with Crippen LogP contribution in [-0.4, -0.2) is 57.2 Å². The van der Waals surface area contributed by atoms with E-state index in [0.29, 0.717) is 17.8 Å². The molecule has 1 saturated heterocycles. The van der Waals surface area contributed by atoms with Crippen LogP contribution in [-0.2, 0) is 14.3 Å². The average molecular weight is 324 g/mol. The molecule has 0 amide bonds. The summed E-state index contributed by atoms with van der Waals surface area (Å²) in [4.78, 5) is 12.7. The van der Waals surface area contributed by atoms with Crippen LogP contribution in [0.15, 0.2) is 11.3 Å². The highest BCUT2D eigenvalue weighted by atomic mass is 16.6. The molecule has 2 aliphatic carbocycles. The molecule has 6 atom stereocenters. The molecular formula is C17H24O6. The lowest BCUT2D eigenvalue weighted by atomic mass is 9.70. The Kier molecular flexibility index (Phi) is 3.09. The summed E-state index contributed by atoms with van der Waals surface area (Å²) < 4.78 is 11.8.